The van der Waals surface area contributed by atoms with Gasteiger partial charge in [0.2, 0.25) is 0 Å². The highest BCUT2D eigenvalue weighted by atomic mass is 16.5. The molecule has 0 bridgehead atoms. The number of aliphatic hydroxyl groups is 1. The number of hydrogen-bond donors (Lipinski definition) is 1. The van der Waals surface area contributed by atoms with E-state index >= 15 is 0 Å². The molecule has 4 nitrogen and oxygen atoms in total. The fourth-order valence-electron chi connectivity index (χ4n) is 3.63. The van der Waals surface area contributed by atoms with Crippen LogP contribution in [0.4, 0.5) is 0 Å². The van der Waals surface area contributed by atoms with Gasteiger partial charge in [0.05, 0.1) is 13.0 Å². The lowest BCUT2D eigenvalue weighted by Crippen LogP contribution is -2.09. The van der Waals surface area contributed by atoms with Crippen molar-refractivity contribution in [2.45, 2.75) is 44.4 Å². The molecular weight excluding hydrogens is 340 g/mol. The van der Waals surface area contributed by atoms with Gasteiger partial charge in [0.25, 0.3) is 0 Å². The molecule has 0 saturated heterocycles. The summed E-state index contributed by atoms with van der Waals surface area (Å²) in [4.78, 5) is 24.8. The summed E-state index contributed by atoms with van der Waals surface area (Å²) >= 11 is 0. The van der Waals surface area contributed by atoms with Gasteiger partial charge < -0.3 is 9.84 Å². The Morgan fingerprint density at radius 3 is 1.96 bits per heavy atom. The maximum atomic E-state index is 12.5. The lowest BCUT2D eigenvalue weighted by atomic mass is 9.84. The Morgan fingerprint density at radius 1 is 0.852 bits per heavy atom. The summed E-state index contributed by atoms with van der Waals surface area (Å²) in [6.07, 6.45) is 6.20. The minimum absolute atomic E-state index is 0.0608. The monoisotopic (exact) mass is 366 g/mol. The van der Waals surface area contributed by atoms with Crippen molar-refractivity contribution < 1.29 is 19.4 Å². The quantitative estimate of drug-likeness (QED) is 0.549. The lowest BCUT2D eigenvalue weighted by Gasteiger charge is -2.22. The maximum Gasteiger partial charge on any atom is 0.170 e. The van der Waals surface area contributed by atoms with Gasteiger partial charge >= 0.3 is 0 Å². The molecule has 0 unspecified atom stereocenters. The van der Waals surface area contributed by atoms with Gasteiger partial charge in [0.15, 0.2) is 11.6 Å². The van der Waals surface area contributed by atoms with Crippen LogP contribution in [0.25, 0.3) is 0 Å². The van der Waals surface area contributed by atoms with Crippen LogP contribution < -0.4 is 4.74 Å². The smallest absolute Gasteiger partial charge is 0.170 e. The molecule has 27 heavy (non-hydrogen) atoms. The van der Waals surface area contributed by atoms with E-state index in [2.05, 4.69) is 0 Å². The third-order valence-corrected chi connectivity index (χ3v) is 5.17. The van der Waals surface area contributed by atoms with Crippen molar-refractivity contribution >= 4 is 11.6 Å². The Kier molecular flexibility index (Phi) is 6.77. The zero-order valence-electron chi connectivity index (χ0n) is 15.5. The molecule has 0 amide bonds. The van der Waals surface area contributed by atoms with Gasteiger partial charge in [-0.05, 0) is 48.6 Å². The summed E-state index contributed by atoms with van der Waals surface area (Å²) in [5, 5.41) is 8.75. The molecule has 0 heterocycles. The Labute approximate surface area is 160 Å². The minimum atomic E-state index is -0.204. The zero-order valence-corrected chi connectivity index (χ0v) is 15.5. The van der Waals surface area contributed by atoms with Crippen LogP contribution in [-0.4, -0.2) is 29.9 Å². The van der Waals surface area contributed by atoms with Gasteiger partial charge in [-0.15, -0.1) is 0 Å². The van der Waals surface area contributed by atoms with Crippen molar-refractivity contribution in [2.75, 3.05) is 13.2 Å². The maximum absolute atomic E-state index is 12.5. The number of carbonyl (C=O) groups is 2. The van der Waals surface area contributed by atoms with E-state index in [0.717, 1.165) is 0 Å². The van der Waals surface area contributed by atoms with Crippen molar-refractivity contribution in [3.05, 3.63) is 65.2 Å². The molecule has 2 aromatic carbocycles. The first-order chi connectivity index (χ1) is 13.2. The van der Waals surface area contributed by atoms with Gasteiger partial charge in [-0.1, -0.05) is 43.5 Å². The zero-order chi connectivity index (χ0) is 19.1. The first-order valence-electron chi connectivity index (χ1n) is 9.67. The number of hydrogen-bond acceptors (Lipinski definition) is 4. The highest BCUT2D eigenvalue weighted by Gasteiger charge is 2.17. The van der Waals surface area contributed by atoms with Gasteiger partial charge in [-0.25, -0.2) is 0 Å². The molecule has 3 rings (SSSR count). The lowest BCUT2D eigenvalue weighted by molar-refractivity contribution is 0.0894. The van der Waals surface area contributed by atoms with E-state index in [1.165, 1.54) is 37.7 Å². The van der Waals surface area contributed by atoms with Crippen LogP contribution in [-0.2, 0) is 0 Å². The Bertz CT molecular complexity index is 756. The van der Waals surface area contributed by atoms with Crippen LogP contribution in [0.3, 0.4) is 0 Å². The Hall–Kier alpha value is -2.46. The molecule has 4 heteroatoms. The first kappa shape index (κ1) is 19.3. The summed E-state index contributed by atoms with van der Waals surface area (Å²) in [6.45, 7) is 0.150. The number of rotatable bonds is 8. The number of ketones is 2. The van der Waals surface area contributed by atoms with Crippen molar-refractivity contribution in [3.8, 4) is 5.75 Å². The van der Waals surface area contributed by atoms with Gasteiger partial charge in [-0.2, -0.15) is 0 Å². The third-order valence-electron chi connectivity index (χ3n) is 5.17. The molecular formula is C23H26O4. The van der Waals surface area contributed by atoms with E-state index in [4.69, 9.17) is 9.84 Å². The molecule has 0 atom stereocenters. The van der Waals surface area contributed by atoms with Gasteiger partial charge in [-0.3, -0.25) is 9.59 Å². The van der Waals surface area contributed by atoms with Crippen LogP contribution in [0.15, 0.2) is 48.5 Å². The van der Waals surface area contributed by atoms with Crippen LogP contribution >= 0.6 is 0 Å². The normalized spacial score (nSPS) is 14.7. The molecule has 142 valence electrons. The fraction of sp³-hybridized carbons (Fsp3) is 0.391. The third kappa shape index (κ3) is 5.27. The molecule has 1 saturated carbocycles. The van der Waals surface area contributed by atoms with Crippen LogP contribution in [0.2, 0.25) is 0 Å². The SMILES string of the molecule is O=C(CC(=O)c1ccc(C2CCCCC2)cc1)c1ccc(OCCO)cc1. The molecule has 1 aliphatic rings. The number of benzene rings is 2. The van der Waals surface area contributed by atoms with E-state index in [0.29, 0.717) is 22.8 Å². The second-order valence-corrected chi connectivity index (χ2v) is 7.08. The van der Waals surface area contributed by atoms with E-state index in [1.807, 2.05) is 24.3 Å². The Morgan fingerprint density at radius 2 is 1.41 bits per heavy atom. The second kappa shape index (κ2) is 9.47. The number of carbonyl (C=O) groups excluding carboxylic acids is 2. The average molecular weight is 366 g/mol. The molecule has 0 aliphatic heterocycles. The molecule has 0 radical (unpaired) electrons. The summed E-state index contributed by atoms with van der Waals surface area (Å²) in [5.74, 6) is 0.835. The van der Waals surface area contributed by atoms with Crippen molar-refractivity contribution in [3.63, 3.8) is 0 Å². The molecule has 0 aromatic heterocycles. The van der Waals surface area contributed by atoms with E-state index in [1.54, 1.807) is 24.3 Å². The highest BCUT2D eigenvalue weighted by molar-refractivity contribution is 6.13. The Balaban J connectivity index is 1.58. The number of ether oxygens (including phenoxy) is 1. The van der Waals surface area contributed by atoms with Crippen LogP contribution in [0.5, 0.6) is 5.75 Å². The van der Waals surface area contributed by atoms with Crippen molar-refractivity contribution in [1.82, 2.24) is 0 Å². The average Bonchev–Trinajstić information content (AvgIpc) is 2.73. The van der Waals surface area contributed by atoms with Crippen LogP contribution in [0.1, 0.15) is 70.7 Å². The predicted octanol–water partition coefficient (Wildman–Crippen LogP) is 4.56. The summed E-state index contributed by atoms with van der Waals surface area (Å²) in [7, 11) is 0. The fourth-order valence-corrected chi connectivity index (χ4v) is 3.63. The highest BCUT2D eigenvalue weighted by Crippen LogP contribution is 2.32. The van der Waals surface area contributed by atoms with Gasteiger partial charge in [0, 0.05) is 11.1 Å². The minimum Gasteiger partial charge on any atom is -0.491 e. The summed E-state index contributed by atoms with van der Waals surface area (Å²) < 4.78 is 5.27. The largest absolute Gasteiger partial charge is 0.491 e. The van der Waals surface area contributed by atoms with Gasteiger partial charge in [0.1, 0.15) is 12.4 Å². The topological polar surface area (TPSA) is 63.6 Å². The molecule has 1 aliphatic carbocycles. The van der Waals surface area contributed by atoms with Crippen LogP contribution in [0, 0.1) is 0 Å². The molecule has 1 fully saturated rings. The molecule has 0 spiro atoms. The number of Topliss-reactive ketones (excluding diaryl/α,β-unsaturated/α-hetero) is 2. The summed E-state index contributed by atoms with van der Waals surface area (Å²) in [6, 6.07) is 14.4. The first-order valence-corrected chi connectivity index (χ1v) is 9.67. The second-order valence-electron chi connectivity index (χ2n) is 7.08. The molecule has 2 aromatic rings. The predicted molar refractivity (Wildman–Crippen MR) is 105 cm³/mol. The molecule has 1 N–H and O–H groups in total. The van der Waals surface area contributed by atoms with E-state index < -0.39 is 0 Å². The van der Waals surface area contributed by atoms with E-state index in [9.17, 15) is 9.59 Å². The standard InChI is InChI=1S/C23H26O4/c24-14-15-27-21-12-10-20(11-13-21)23(26)16-22(25)19-8-6-18(7-9-19)17-4-2-1-3-5-17/h6-13,17,24H,1-5,14-16H2. The summed E-state index contributed by atoms with van der Waals surface area (Å²) in [5.41, 5.74) is 2.38. The van der Waals surface area contributed by atoms with E-state index in [-0.39, 0.29) is 31.2 Å². The van der Waals surface area contributed by atoms with Crippen molar-refractivity contribution in [1.29, 1.82) is 0 Å². The van der Waals surface area contributed by atoms with Crippen molar-refractivity contribution in [2.24, 2.45) is 0 Å². The number of aliphatic hydroxyl groups excluding tert-OH is 1.